The molecule has 1 unspecified atom stereocenters. The molecule has 1 aliphatic rings. The molecule has 0 radical (unpaired) electrons. The molecule has 0 aliphatic carbocycles. The molecule has 1 atom stereocenters. The number of halogens is 1. The van der Waals surface area contributed by atoms with Gasteiger partial charge in [0.25, 0.3) is 0 Å². The monoisotopic (exact) mass is 256 g/mol. The highest BCUT2D eigenvalue weighted by Gasteiger charge is 2.20. The van der Waals surface area contributed by atoms with Crippen molar-refractivity contribution in [3.63, 3.8) is 0 Å². The van der Waals surface area contributed by atoms with E-state index in [9.17, 15) is 8.42 Å². The van der Waals surface area contributed by atoms with Crippen LogP contribution in [0.3, 0.4) is 0 Å². The van der Waals surface area contributed by atoms with Gasteiger partial charge in [-0.05, 0) is 5.92 Å². The lowest BCUT2D eigenvalue weighted by atomic mass is 10.3. The van der Waals surface area contributed by atoms with E-state index in [-0.39, 0.29) is 11.7 Å². The topological polar surface area (TPSA) is 58.6 Å². The molecule has 0 aromatic carbocycles. The molecule has 0 aromatic rings. The van der Waals surface area contributed by atoms with Crippen molar-refractivity contribution in [2.45, 2.75) is 6.92 Å². The van der Waals surface area contributed by atoms with Crippen molar-refractivity contribution in [3.05, 3.63) is 0 Å². The summed E-state index contributed by atoms with van der Waals surface area (Å²) in [4.78, 5) is 2.53. The first kappa shape index (κ1) is 13.2. The molecule has 0 amide bonds. The number of morpholine rings is 1. The van der Waals surface area contributed by atoms with Crippen molar-refractivity contribution in [2.75, 3.05) is 37.9 Å². The van der Waals surface area contributed by atoms with E-state index in [1.807, 2.05) is 6.92 Å². The summed E-state index contributed by atoms with van der Waals surface area (Å²) in [6.07, 6.45) is 0. The summed E-state index contributed by atoms with van der Waals surface area (Å²) in [7, 11) is -3.26. The maximum atomic E-state index is 11.6. The van der Waals surface area contributed by atoms with Gasteiger partial charge < -0.3 is 4.74 Å². The van der Waals surface area contributed by atoms with E-state index >= 15 is 0 Å². The van der Waals surface area contributed by atoms with Crippen LogP contribution in [0.4, 0.5) is 0 Å². The van der Waals surface area contributed by atoms with Crippen LogP contribution in [0.1, 0.15) is 6.92 Å². The molecule has 0 spiro atoms. The molecular weight excluding hydrogens is 240 g/mol. The normalized spacial score (nSPS) is 21.5. The first-order valence-corrected chi connectivity index (χ1v) is 7.11. The first-order valence-electron chi connectivity index (χ1n) is 4.92. The van der Waals surface area contributed by atoms with Crippen LogP contribution in [0.5, 0.6) is 0 Å². The van der Waals surface area contributed by atoms with Crippen LogP contribution < -0.4 is 4.83 Å². The van der Waals surface area contributed by atoms with Crippen molar-refractivity contribution in [1.82, 2.24) is 9.84 Å². The quantitative estimate of drug-likeness (QED) is 0.705. The van der Waals surface area contributed by atoms with Gasteiger partial charge in [-0.2, -0.15) is 0 Å². The van der Waals surface area contributed by atoms with Gasteiger partial charge in [0, 0.05) is 19.0 Å². The van der Waals surface area contributed by atoms with Crippen molar-refractivity contribution in [2.24, 2.45) is 5.92 Å². The summed E-state index contributed by atoms with van der Waals surface area (Å²) in [6.45, 7) is 4.12. The average Bonchev–Trinajstić information content (AvgIpc) is 2.17. The van der Waals surface area contributed by atoms with Gasteiger partial charge in [-0.1, -0.05) is 6.92 Å². The molecular formula is C8H17ClN2O3S. The van der Waals surface area contributed by atoms with Gasteiger partial charge in [0.05, 0.1) is 19.0 Å². The number of hydrogen-bond acceptors (Lipinski definition) is 4. The lowest BCUT2D eigenvalue weighted by Gasteiger charge is -2.27. The Bertz CT molecular complexity index is 278. The molecule has 1 N–H and O–H groups in total. The summed E-state index contributed by atoms with van der Waals surface area (Å²) < 4.78 is 28.4. The minimum atomic E-state index is -3.26. The van der Waals surface area contributed by atoms with Crippen LogP contribution in [-0.2, 0) is 14.8 Å². The predicted octanol–water partition coefficient (Wildman–Crippen LogP) is 0.0279. The molecule has 15 heavy (non-hydrogen) atoms. The van der Waals surface area contributed by atoms with Crippen LogP contribution in [0.2, 0.25) is 0 Å². The average molecular weight is 257 g/mol. The lowest BCUT2D eigenvalue weighted by molar-refractivity contribution is 0.0272. The van der Waals surface area contributed by atoms with Crippen LogP contribution in [0.15, 0.2) is 0 Å². The largest absolute Gasteiger partial charge is 0.379 e. The molecule has 1 heterocycles. The van der Waals surface area contributed by atoms with Gasteiger partial charge in [-0.25, -0.2) is 13.4 Å². The van der Waals surface area contributed by atoms with Crippen LogP contribution in [0.25, 0.3) is 0 Å². The number of rotatable bonds is 5. The van der Waals surface area contributed by atoms with E-state index in [0.717, 1.165) is 0 Å². The maximum absolute atomic E-state index is 11.6. The first-order chi connectivity index (χ1) is 7.03. The molecule has 0 bridgehead atoms. The predicted molar refractivity (Wildman–Crippen MR) is 59.2 cm³/mol. The highest BCUT2D eigenvalue weighted by Crippen LogP contribution is 2.03. The summed E-state index contributed by atoms with van der Waals surface area (Å²) in [5.41, 5.74) is 0. The number of ether oxygens (including phenoxy) is 1. The van der Waals surface area contributed by atoms with Crippen molar-refractivity contribution < 1.29 is 13.2 Å². The fourth-order valence-electron chi connectivity index (χ4n) is 1.31. The van der Waals surface area contributed by atoms with Crippen molar-refractivity contribution >= 4 is 21.6 Å². The molecule has 90 valence electrons. The zero-order valence-electron chi connectivity index (χ0n) is 8.78. The molecule has 5 nitrogen and oxygen atoms in total. The third-order valence-electron chi connectivity index (χ3n) is 2.05. The molecule has 0 saturated carbocycles. The lowest BCUT2D eigenvalue weighted by Crippen LogP contribution is -2.49. The molecule has 1 rings (SSSR count). The molecule has 7 heteroatoms. The Hall–Kier alpha value is 0.120. The van der Waals surface area contributed by atoms with Gasteiger partial charge in [0.2, 0.25) is 10.0 Å². The standard InChI is InChI=1S/C8H17ClN2O3S/c1-8(6-9)7-15(12,13)10-11-2-4-14-5-3-11/h8,10H,2-7H2,1H3. The third-order valence-corrected chi connectivity index (χ3v) is 4.12. The van der Waals surface area contributed by atoms with E-state index in [2.05, 4.69) is 4.83 Å². The van der Waals surface area contributed by atoms with Gasteiger partial charge in [-0.3, -0.25) is 0 Å². The number of nitrogens with zero attached hydrogens (tertiary/aromatic N) is 1. The molecule has 1 aliphatic heterocycles. The van der Waals surface area contributed by atoms with Gasteiger partial charge in [-0.15, -0.1) is 16.4 Å². The maximum Gasteiger partial charge on any atom is 0.224 e. The number of sulfonamides is 1. The minimum absolute atomic E-state index is 0.0368. The van der Waals surface area contributed by atoms with Gasteiger partial charge in [0.1, 0.15) is 0 Å². The number of hydrogen-bond donors (Lipinski definition) is 1. The molecule has 1 fully saturated rings. The Balaban J connectivity index is 2.40. The fourth-order valence-corrected chi connectivity index (χ4v) is 3.06. The second kappa shape index (κ2) is 6.00. The Morgan fingerprint density at radius 1 is 1.47 bits per heavy atom. The zero-order valence-corrected chi connectivity index (χ0v) is 10.4. The van der Waals surface area contributed by atoms with E-state index in [0.29, 0.717) is 32.2 Å². The van der Waals surface area contributed by atoms with E-state index in [1.165, 1.54) is 0 Å². The Morgan fingerprint density at radius 2 is 2.07 bits per heavy atom. The highest BCUT2D eigenvalue weighted by molar-refractivity contribution is 7.89. The van der Waals surface area contributed by atoms with Crippen molar-refractivity contribution in [3.8, 4) is 0 Å². The Morgan fingerprint density at radius 3 is 2.60 bits per heavy atom. The number of nitrogens with one attached hydrogen (secondary N) is 1. The Kier molecular flexibility index (Phi) is 5.28. The summed E-state index contributed by atoms with van der Waals surface area (Å²) in [6, 6.07) is 0. The van der Waals surface area contributed by atoms with Crippen LogP contribution in [-0.4, -0.2) is 51.4 Å². The number of alkyl halides is 1. The third kappa shape index (κ3) is 5.12. The molecule has 0 aromatic heterocycles. The smallest absolute Gasteiger partial charge is 0.224 e. The second-order valence-electron chi connectivity index (χ2n) is 3.73. The van der Waals surface area contributed by atoms with Gasteiger partial charge >= 0.3 is 0 Å². The summed E-state index contributed by atoms with van der Waals surface area (Å²) in [5.74, 6) is 0.378. The van der Waals surface area contributed by atoms with E-state index in [4.69, 9.17) is 16.3 Å². The Labute approximate surface area is 95.7 Å². The summed E-state index contributed by atoms with van der Waals surface area (Å²) >= 11 is 5.57. The van der Waals surface area contributed by atoms with E-state index < -0.39 is 10.0 Å². The summed E-state index contributed by atoms with van der Waals surface area (Å²) in [5, 5.41) is 1.67. The van der Waals surface area contributed by atoms with E-state index in [1.54, 1.807) is 5.01 Å². The van der Waals surface area contributed by atoms with Gasteiger partial charge in [0.15, 0.2) is 0 Å². The SMILES string of the molecule is CC(CCl)CS(=O)(=O)NN1CCOCC1. The van der Waals surface area contributed by atoms with Crippen LogP contribution >= 0.6 is 11.6 Å². The highest BCUT2D eigenvalue weighted by atomic mass is 35.5. The zero-order chi connectivity index (χ0) is 11.3. The van der Waals surface area contributed by atoms with Crippen LogP contribution in [0, 0.1) is 5.92 Å². The fraction of sp³-hybridized carbons (Fsp3) is 1.00. The minimum Gasteiger partial charge on any atom is -0.379 e. The second-order valence-corrected chi connectivity index (χ2v) is 5.79. The van der Waals surface area contributed by atoms with Crippen molar-refractivity contribution in [1.29, 1.82) is 0 Å². The number of hydrazine groups is 1. The molecule has 1 saturated heterocycles.